The van der Waals surface area contributed by atoms with Crippen LogP contribution in [0.25, 0.3) is 6.08 Å². The van der Waals surface area contributed by atoms with E-state index in [1.54, 1.807) is 0 Å². The summed E-state index contributed by atoms with van der Waals surface area (Å²) in [6, 6.07) is 5.14. The number of rotatable bonds is 10. The molecule has 0 radical (unpaired) electrons. The molecular weight excluding hydrogens is 664 g/mol. The summed E-state index contributed by atoms with van der Waals surface area (Å²) in [5.74, 6) is -1.04. The zero-order valence-corrected chi connectivity index (χ0v) is 25.8. The molecular formula is C30H37O19+. The van der Waals surface area contributed by atoms with Gasteiger partial charge in [0.1, 0.15) is 72.5 Å². The second-order valence-corrected chi connectivity index (χ2v) is 11.3. The van der Waals surface area contributed by atoms with Gasteiger partial charge in [0.15, 0.2) is 17.3 Å². The van der Waals surface area contributed by atoms with Crippen LogP contribution in [0.5, 0.6) is 34.5 Å². The molecule has 2 aromatic carbocycles. The fourth-order valence-electron chi connectivity index (χ4n) is 5.51. The first-order valence-corrected chi connectivity index (χ1v) is 14.7. The van der Waals surface area contributed by atoms with Crippen molar-refractivity contribution in [3.63, 3.8) is 0 Å². The average molecular weight is 702 g/mol. The Hall–Kier alpha value is -4.31. The first-order chi connectivity index (χ1) is 23.3. The van der Waals surface area contributed by atoms with E-state index in [9.17, 15) is 50.8 Å². The number of aliphatic hydroxyl groups is 8. The maximum Gasteiger partial charge on any atom is 0.505 e. The van der Waals surface area contributed by atoms with Crippen molar-refractivity contribution in [2.24, 2.45) is 0 Å². The molecule has 3 aliphatic heterocycles. The number of hydrogen-bond donors (Lipinski definition) is 10. The van der Waals surface area contributed by atoms with E-state index in [-0.39, 0.29) is 51.4 Å². The molecule has 3 heterocycles. The lowest BCUT2D eigenvalue weighted by atomic mass is 9.98. The van der Waals surface area contributed by atoms with E-state index in [1.807, 2.05) is 0 Å². The van der Waals surface area contributed by atoms with Gasteiger partial charge in [-0.1, -0.05) is 0 Å². The monoisotopic (exact) mass is 701 g/mol. The van der Waals surface area contributed by atoms with Crippen molar-refractivity contribution in [1.29, 1.82) is 0 Å². The molecule has 0 amide bonds. The highest BCUT2D eigenvalue weighted by Crippen LogP contribution is 2.48. The Bertz CT molecular complexity index is 1500. The lowest BCUT2D eigenvalue weighted by Crippen LogP contribution is -2.60. The van der Waals surface area contributed by atoms with Crippen molar-refractivity contribution in [3.05, 3.63) is 41.2 Å². The molecule has 270 valence electrons. The number of benzene rings is 2. The minimum Gasteiger partial charge on any atom is -0.571 e. The van der Waals surface area contributed by atoms with Crippen LogP contribution in [-0.2, 0) is 18.9 Å². The number of aliphatic hydroxyl groups excluding tert-OH is 7. The minimum atomic E-state index is -1.88. The molecule has 0 spiro atoms. The van der Waals surface area contributed by atoms with Crippen LogP contribution in [0.1, 0.15) is 17.2 Å². The molecule has 0 aromatic heterocycles. The molecule has 0 aliphatic carbocycles. The fourth-order valence-corrected chi connectivity index (χ4v) is 5.51. The smallest absolute Gasteiger partial charge is 0.505 e. The number of hydrogen-bond acceptors (Lipinski definition) is 17. The van der Waals surface area contributed by atoms with E-state index in [0.29, 0.717) is 0 Å². The molecule has 0 bridgehead atoms. The van der Waals surface area contributed by atoms with Crippen molar-refractivity contribution in [2.75, 3.05) is 27.4 Å². The Labute approximate surface area is 276 Å². The van der Waals surface area contributed by atoms with Gasteiger partial charge in [-0.05, 0) is 12.1 Å². The standard InChI is InChI=1S/C30H36O19/c1-42-15-3-10(4-16(43-2)20(15)33)27-17(47-29-25(38)23(36)21(34)18(8-31)48-29)7-12-13(45-27)5-11(32)6-14(12)46-28-26(39)24(37)22(35)19(49-28)9-44-30(40)41/h3-7,18-19,21-29,31-39H,8-9H2,1-2H3,(H,40,41)/p+1. The molecule has 3 aliphatic rings. The van der Waals surface area contributed by atoms with Gasteiger partial charge in [0.25, 0.3) is 11.9 Å². The third-order valence-corrected chi connectivity index (χ3v) is 8.13. The Morgan fingerprint density at radius 1 is 0.776 bits per heavy atom. The van der Waals surface area contributed by atoms with Gasteiger partial charge in [0, 0.05) is 12.1 Å². The average Bonchev–Trinajstić information content (AvgIpc) is 3.08. The summed E-state index contributed by atoms with van der Waals surface area (Å²) in [4.78, 5) is 10.9. The summed E-state index contributed by atoms with van der Waals surface area (Å²) in [5.41, 5.74) is 0.351. The van der Waals surface area contributed by atoms with Gasteiger partial charge in [-0.3, -0.25) is 0 Å². The second kappa shape index (κ2) is 14.7. The normalized spacial score (nSPS) is 32.6. The van der Waals surface area contributed by atoms with E-state index < -0.39 is 86.9 Å². The lowest BCUT2D eigenvalue weighted by Gasteiger charge is -2.41. The SMILES string of the molecule is COc1cc(C2[OH+]c3cc(O)cc(OC4OC(COC(=O)O)C(O)C(O)C4O)c3C=C2OC2OC(CO)C(O)C(O)C2O)cc(OC)c1O. The molecule has 19 heteroatoms. The van der Waals surface area contributed by atoms with Gasteiger partial charge < -0.3 is 89.0 Å². The molecule has 49 heavy (non-hydrogen) atoms. The van der Waals surface area contributed by atoms with Gasteiger partial charge in [-0.25, -0.2) is 4.79 Å². The van der Waals surface area contributed by atoms with Crippen molar-refractivity contribution in [2.45, 2.75) is 67.5 Å². The Morgan fingerprint density at radius 3 is 1.92 bits per heavy atom. The van der Waals surface area contributed by atoms with Crippen LogP contribution in [-0.4, -0.2) is 151 Å². The van der Waals surface area contributed by atoms with Crippen LogP contribution in [0, 0.1) is 0 Å². The fraction of sp³-hybridized carbons (Fsp3) is 0.500. The van der Waals surface area contributed by atoms with Crippen LogP contribution in [0.4, 0.5) is 4.79 Å². The zero-order chi connectivity index (χ0) is 35.7. The quantitative estimate of drug-likeness (QED) is 0.0960. The van der Waals surface area contributed by atoms with Crippen molar-refractivity contribution < 1.29 is 93.8 Å². The highest BCUT2D eigenvalue weighted by Gasteiger charge is 2.48. The molecule has 11 N–H and O–H groups in total. The van der Waals surface area contributed by atoms with Crippen molar-refractivity contribution >= 4 is 12.2 Å². The molecule has 5 rings (SSSR count). The number of aromatic hydroxyl groups is 3. The van der Waals surface area contributed by atoms with E-state index in [4.69, 9.17) is 33.5 Å². The van der Waals surface area contributed by atoms with E-state index >= 15 is 0 Å². The third kappa shape index (κ3) is 7.20. The number of phenols is 2. The van der Waals surface area contributed by atoms with E-state index in [2.05, 4.69) is 9.47 Å². The molecule has 0 saturated carbocycles. The van der Waals surface area contributed by atoms with Crippen LogP contribution >= 0.6 is 0 Å². The van der Waals surface area contributed by atoms with Crippen molar-refractivity contribution in [1.82, 2.24) is 0 Å². The van der Waals surface area contributed by atoms with Gasteiger partial charge >= 0.3 is 6.16 Å². The van der Waals surface area contributed by atoms with Gasteiger partial charge in [0.2, 0.25) is 18.3 Å². The molecule has 2 fully saturated rings. The summed E-state index contributed by atoms with van der Waals surface area (Å²) in [5, 5.41) is 102. The number of ether oxygens (including phenoxy) is 8. The topological polar surface area (TPSA) is 297 Å². The maximum atomic E-state index is 10.9. The second-order valence-electron chi connectivity index (χ2n) is 11.3. The Kier molecular flexibility index (Phi) is 10.8. The number of methoxy groups -OCH3 is 2. The van der Waals surface area contributed by atoms with Crippen LogP contribution in [0.2, 0.25) is 0 Å². The van der Waals surface area contributed by atoms with E-state index in [1.165, 1.54) is 38.5 Å². The molecule has 2 saturated heterocycles. The lowest BCUT2D eigenvalue weighted by molar-refractivity contribution is -0.295. The summed E-state index contributed by atoms with van der Waals surface area (Å²) in [6.07, 6.45) is -18.6. The van der Waals surface area contributed by atoms with Gasteiger partial charge in [-0.15, -0.1) is 0 Å². The first kappa shape index (κ1) is 36.0. The minimum absolute atomic E-state index is 0.0203. The zero-order valence-electron chi connectivity index (χ0n) is 25.8. The molecule has 11 unspecified atom stereocenters. The van der Waals surface area contributed by atoms with Crippen LogP contribution < -0.4 is 14.2 Å². The summed E-state index contributed by atoms with van der Waals surface area (Å²) >= 11 is 0. The highest BCUT2D eigenvalue weighted by molar-refractivity contribution is 5.70. The largest absolute Gasteiger partial charge is 0.571 e. The van der Waals surface area contributed by atoms with Crippen molar-refractivity contribution in [3.8, 4) is 34.5 Å². The first-order valence-electron chi connectivity index (χ1n) is 14.7. The van der Waals surface area contributed by atoms with Crippen LogP contribution in [0.15, 0.2) is 30.0 Å². The third-order valence-electron chi connectivity index (χ3n) is 8.13. The predicted molar refractivity (Wildman–Crippen MR) is 158 cm³/mol. The summed E-state index contributed by atoms with van der Waals surface area (Å²) in [7, 11) is 2.59. The number of carbonyl (C=O) groups is 1. The van der Waals surface area contributed by atoms with E-state index in [0.717, 1.165) is 6.07 Å². The van der Waals surface area contributed by atoms with Crippen LogP contribution in [0.3, 0.4) is 0 Å². The number of carboxylic acid groups (broad SMARTS) is 1. The predicted octanol–water partition coefficient (Wildman–Crippen LogP) is -1.85. The summed E-state index contributed by atoms with van der Waals surface area (Å²) in [6.45, 7) is -1.47. The molecule has 11 atom stereocenters. The Morgan fingerprint density at radius 2 is 1.35 bits per heavy atom. The van der Waals surface area contributed by atoms with Gasteiger partial charge in [-0.2, -0.15) is 0 Å². The molecule has 2 aromatic rings. The maximum absolute atomic E-state index is 10.9. The highest BCUT2D eigenvalue weighted by atomic mass is 16.7. The summed E-state index contributed by atoms with van der Waals surface area (Å²) < 4.78 is 42.6. The number of fused-ring (bicyclic) bond motifs is 1. The molecule has 19 nitrogen and oxygen atoms in total. The Balaban J connectivity index is 1.56. The van der Waals surface area contributed by atoms with Gasteiger partial charge in [0.05, 0.1) is 32.5 Å². The number of phenolic OH excluding ortho intramolecular Hbond substituents is 2.